The van der Waals surface area contributed by atoms with Crippen LogP contribution in [0.1, 0.15) is 12.2 Å². The summed E-state index contributed by atoms with van der Waals surface area (Å²) in [4.78, 5) is 13.2. The van der Waals surface area contributed by atoms with Crippen LogP contribution in [-0.2, 0) is 21.2 Å². The van der Waals surface area contributed by atoms with Crippen LogP contribution in [0.25, 0.3) is 0 Å². The molecule has 2 aromatic rings. The first-order valence-corrected chi connectivity index (χ1v) is 9.57. The van der Waals surface area contributed by atoms with Crippen molar-refractivity contribution >= 4 is 15.9 Å². The topological polar surface area (TPSA) is 70.8 Å². The SMILES string of the molecule is O=C(CCc1ccco1)N1CCN(S(=O)(=O)c2ccc(F)cc2F)CC1. The predicted molar refractivity (Wildman–Crippen MR) is 88.7 cm³/mol. The molecule has 1 aliphatic rings. The van der Waals surface area contributed by atoms with Crippen molar-refractivity contribution in [1.29, 1.82) is 0 Å². The Morgan fingerprint density at radius 1 is 1.12 bits per heavy atom. The number of hydrogen-bond acceptors (Lipinski definition) is 4. The van der Waals surface area contributed by atoms with Crippen LogP contribution in [0.2, 0.25) is 0 Å². The molecule has 140 valence electrons. The largest absolute Gasteiger partial charge is 0.469 e. The van der Waals surface area contributed by atoms with E-state index in [2.05, 4.69) is 0 Å². The average Bonchev–Trinajstić information content (AvgIpc) is 3.13. The number of carbonyl (C=O) groups is 1. The van der Waals surface area contributed by atoms with Gasteiger partial charge in [0.2, 0.25) is 15.9 Å². The van der Waals surface area contributed by atoms with Gasteiger partial charge in [-0.3, -0.25) is 4.79 Å². The van der Waals surface area contributed by atoms with Gasteiger partial charge >= 0.3 is 0 Å². The molecule has 3 rings (SSSR count). The quantitative estimate of drug-likeness (QED) is 0.791. The van der Waals surface area contributed by atoms with E-state index in [0.29, 0.717) is 18.2 Å². The summed E-state index contributed by atoms with van der Waals surface area (Å²) in [5, 5.41) is 0. The number of sulfonamides is 1. The van der Waals surface area contributed by atoms with Gasteiger partial charge in [-0.25, -0.2) is 17.2 Å². The molecular formula is C17H18F2N2O4S. The van der Waals surface area contributed by atoms with E-state index in [1.54, 1.807) is 17.0 Å². The zero-order chi connectivity index (χ0) is 18.7. The Morgan fingerprint density at radius 3 is 2.46 bits per heavy atom. The van der Waals surface area contributed by atoms with Crippen LogP contribution in [0.15, 0.2) is 45.9 Å². The van der Waals surface area contributed by atoms with E-state index in [-0.39, 0.29) is 38.5 Å². The molecular weight excluding hydrogens is 366 g/mol. The van der Waals surface area contributed by atoms with E-state index >= 15 is 0 Å². The maximum Gasteiger partial charge on any atom is 0.246 e. The molecule has 1 saturated heterocycles. The number of hydrogen-bond donors (Lipinski definition) is 0. The zero-order valence-corrected chi connectivity index (χ0v) is 14.7. The summed E-state index contributed by atoms with van der Waals surface area (Å²) in [7, 11) is -4.07. The zero-order valence-electron chi connectivity index (χ0n) is 13.9. The van der Waals surface area contributed by atoms with Crippen molar-refractivity contribution in [2.45, 2.75) is 17.7 Å². The smallest absolute Gasteiger partial charge is 0.246 e. The van der Waals surface area contributed by atoms with Gasteiger partial charge in [0.1, 0.15) is 22.3 Å². The van der Waals surface area contributed by atoms with Crippen molar-refractivity contribution in [2.75, 3.05) is 26.2 Å². The van der Waals surface area contributed by atoms with Gasteiger partial charge in [0.15, 0.2) is 0 Å². The van der Waals surface area contributed by atoms with Gasteiger partial charge in [0.25, 0.3) is 0 Å². The normalized spacial score (nSPS) is 16.0. The molecule has 1 fully saturated rings. The molecule has 0 bridgehead atoms. The molecule has 1 aromatic heterocycles. The Balaban J connectivity index is 1.59. The Labute approximate surface area is 150 Å². The predicted octanol–water partition coefficient (Wildman–Crippen LogP) is 2.02. The van der Waals surface area contributed by atoms with Crippen LogP contribution in [0.4, 0.5) is 8.78 Å². The highest BCUT2D eigenvalue weighted by Gasteiger charge is 2.31. The summed E-state index contributed by atoms with van der Waals surface area (Å²) < 4.78 is 58.2. The average molecular weight is 384 g/mol. The van der Waals surface area contributed by atoms with Gasteiger partial charge in [0, 0.05) is 45.1 Å². The van der Waals surface area contributed by atoms with Gasteiger partial charge in [-0.05, 0) is 24.3 Å². The fourth-order valence-electron chi connectivity index (χ4n) is 2.84. The van der Waals surface area contributed by atoms with Crippen molar-refractivity contribution in [2.24, 2.45) is 0 Å². The van der Waals surface area contributed by atoms with Gasteiger partial charge in [-0.1, -0.05) is 0 Å². The third kappa shape index (κ3) is 3.94. The fourth-order valence-corrected chi connectivity index (χ4v) is 4.31. The van der Waals surface area contributed by atoms with Crippen LogP contribution < -0.4 is 0 Å². The molecule has 1 aromatic carbocycles. The number of carbonyl (C=O) groups excluding carboxylic acids is 1. The number of amides is 1. The second-order valence-electron chi connectivity index (χ2n) is 5.94. The number of furan rings is 1. The lowest BCUT2D eigenvalue weighted by Crippen LogP contribution is -2.50. The molecule has 6 nitrogen and oxygen atoms in total. The molecule has 1 amide bonds. The number of piperazine rings is 1. The number of nitrogens with zero attached hydrogens (tertiary/aromatic N) is 2. The molecule has 2 heterocycles. The van der Waals surface area contributed by atoms with E-state index in [4.69, 9.17) is 4.42 Å². The monoisotopic (exact) mass is 384 g/mol. The standard InChI is InChI=1S/C17H18F2N2O4S/c18-13-3-5-16(15(19)12-13)26(23,24)21-9-7-20(8-10-21)17(22)6-4-14-2-1-11-25-14/h1-3,5,11-12H,4,6-10H2. The van der Waals surface area contributed by atoms with E-state index in [1.807, 2.05) is 0 Å². The molecule has 0 radical (unpaired) electrons. The first-order chi connectivity index (χ1) is 12.4. The summed E-state index contributed by atoms with van der Waals surface area (Å²) in [5.74, 6) is -1.34. The second kappa shape index (κ2) is 7.55. The number of benzene rings is 1. The first-order valence-electron chi connectivity index (χ1n) is 8.13. The van der Waals surface area contributed by atoms with Gasteiger partial charge in [-0.2, -0.15) is 4.31 Å². The van der Waals surface area contributed by atoms with Gasteiger partial charge in [0.05, 0.1) is 6.26 Å². The fraction of sp³-hybridized carbons (Fsp3) is 0.353. The highest BCUT2D eigenvalue weighted by Crippen LogP contribution is 2.21. The number of halogens is 2. The Hall–Kier alpha value is -2.26. The molecule has 0 saturated carbocycles. The van der Waals surface area contributed by atoms with Crippen LogP contribution in [0, 0.1) is 11.6 Å². The summed E-state index contributed by atoms with van der Waals surface area (Å²) in [6.45, 7) is 0.565. The minimum Gasteiger partial charge on any atom is -0.469 e. The van der Waals surface area contributed by atoms with Crippen LogP contribution in [0.5, 0.6) is 0 Å². The van der Waals surface area contributed by atoms with Crippen molar-refractivity contribution in [3.8, 4) is 0 Å². The van der Waals surface area contributed by atoms with Crippen LogP contribution in [0.3, 0.4) is 0 Å². The Kier molecular flexibility index (Phi) is 5.38. The number of rotatable bonds is 5. The van der Waals surface area contributed by atoms with Crippen molar-refractivity contribution in [1.82, 2.24) is 9.21 Å². The third-order valence-electron chi connectivity index (χ3n) is 4.27. The minimum absolute atomic E-state index is 0.0612. The lowest BCUT2D eigenvalue weighted by molar-refractivity contribution is -0.132. The summed E-state index contributed by atoms with van der Waals surface area (Å²) >= 11 is 0. The summed E-state index contributed by atoms with van der Waals surface area (Å²) in [6, 6.07) is 5.90. The maximum absolute atomic E-state index is 13.8. The summed E-state index contributed by atoms with van der Waals surface area (Å²) in [5.41, 5.74) is 0. The molecule has 9 heteroatoms. The van der Waals surface area contributed by atoms with E-state index in [0.717, 1.165) is 16.4 Å². The van der Waals surface area contributed by atoms with Gasteiger partial charge < -0.3 is 9.32 Å². The lowest BCUT2D eigenvalue weighted by atomic mass is 10.2. The summed E-state index contributed by atoms with van der Waals surface area (Å²) in [6.07, 6.45) is 2.29. The molecule has 0 atom stereocenters. The lowest BCUT2D eigenvalue weighted by Gasteiger charge is -2.34. The third-order valence-corrected chi connectivity index (χ3v) is 6.20. The molecule has 1 aliphatic heterocycles. The van der Waals surface area contributed by atoms with Crippen molar-refractivity contribution in [3.05, 3.63) is 54.0 Å². The Bertz CT molecular complexity index is 876. The van der Waals surface area contributed by atoms with Crippen LogP contribution >= 0.6 is 0 Å². The van der Waals surface area contributed by atoms with Crippen molar-refractivity contribution in [3.63, 3.8) is 0 Å². The van der Waals surface area contributed by atoms with Gasteiger partial charge in [-0.15, -0.1) is 0 Å². The van der Waals surface area contributed by atoms with Crippen LogP contribution in [-0.4, -0.2) is 49.7 Å². The van der Waals surface area contributed by atoms with E-state index < -0.39 is 26.6 Å². The molecule has 0 spiro atoms. The highest BCUT2D eigenvalue weighted by atomic mass is 32.2. The molecule has 0 N–H and O–H groups in total. The van der Waals surface area contributed by atoms with E-state index in [1.165, 1.54) is 6.26 Å². The minimum atomic E-state index is -4.07. The highest BCUT2D eigenvalue weighted by molar-refractivity contribution is 7.89. The molecule has 0 unspecified atom stereocenters. The second-order valence-corrected chi connectivity index (χ2v) is 7.85. The first kappa shape index (κ1) is 18.5. The molecule has 0 aliphatic carbocycles. The maximum atomic E-state index is 13.8. The number of aryl methyl sites for hydroxylation is 1. The Morgan fingerprint density at radius 2 is 1.85 bits per heavy atom. The molecule has 26 heavy (non-hydrogen) atoms. The van der Waals surface area contributed by atoms with E-state index in [9.17, 15) is 22.0 Å². The van der Waals surface area contributed by atoms with Crippen molar-refractivity contribution < 1.29 is 26.4 Å².